The van der Waals surface area contributed by atoms with Gasteiger partial charge in [0.1, 0.15) is 0 Å². The molecule has 0 fully saturated rings. The first-order valence-corrected chi connectivity index (χ1v) is 4.31. The van der Waals surface area contributed by atoms with Gasteiger partial charge >= 0.3 is 0 Å². The zero-order valence-corrected chi connectivity index (χ0v) is 10.2. The van der Waals surface area contributed by atoms with Gasteiger partial charge in [-0.25, -0.2) is 0 Å². The normalized spacial score (nSPS) is 9.92. The first kappa shape index (κ1) is 14.7. The number of ketones is 1. The van der Waals surface area contributed by atoms with Crippen LogP contribution in [0.25, 0.3) is 0 Å². The molecule has 0 spiro atoms. The van der Waals surface area contributed by atoms with Crippen LogP contribution < -0.4 is 0 Å². The van der Waals surface area contributed by atoms with E-state index in [2.05, 4.69) is 13.8 Å². The van der Waals surface area contributed by atoms with Crippen molar-refractivity contribution in [3.05, 3.63) is 5.92 Å². The van der Waals surface area contributed by atoms with Crippen molar-refractivity contribution >= 4 is 5.78 Å². The molecule has 2 heteroatoms. The maximum atomic E-state index is 11.3. The molecule has 0 unspecified atom stereocenters. The van der Waals surface area contributed by atoms with E-state index < -0.39 is 0 Å². The summed E-state index contributed by atoms with van der Waals surface area (Å²) in [4.78, 5) is 11.3. The number of carbonyl (C=O) groups is 1. The molecule has 0 aliphatic rings. The predicted molar refractivity (Wildman–Crippen MR) is 48.2 cm³/mol. The van der Waals surface area contributed by atoms with E-state index in [9.17, 15) is 4.79 Å². The Kier molecular flexibility index (Phi) is 8.14. The van der Waals surface area contributed by atoms with Crippen molar-refractivity contribution in [3.63, 3.8) is 0 Å². The Morgan fingerprint density at radius 1 is 1.25 bits per heavy atom. The maximum Gasteiger partial charge on any atom is 0.00385 e. The molecule has 0 heterocycles. The van der Waals surface area contributed by atoms with Crippen LogP contribution in [0.3, 0.4) is 0 Å². The number of hydrogen-bond donors (Lipinski definition) is 0. The second kappa shape index (κ2) is 6.65. The van der Waals surface area contributed by atoms with E-state index in [0.717, 1.165) is 12.3 Å². The van der Waals surface area contributed by atoms with Crippen LogP contribution in [0.15, 0.2) is 0 Å². The summed E-state index contributed by atoms with van der Waals surface area (Å²) in [5.74, 6) is 2.10. The number of rotatable bonds is 4. The summed E-state index contributed by atoms with van der Waals surface area (Å²) in [6.45, 7) is 10.1. The van der Waals surface area contributed by atoms with Crippen LogP contribution in [0.2, 0.25) is 0 Å². The molecule has 0 bridgehead atoms. The van der Waals surface area contributed by atoms with E-state index in [1.807, 2.05) is 20.8 Å². The van der Waals surface area contributed by atoms with Crippen LogP contribution >= 0.6 is 0 Å². The van der Waals surface area contributed by atoms with Crippen LogP contribution in [0.5, 0.6) is 0 Å². The van der Waals surface area contributed by atoms with E-state index >= 15 is 0 Å². The van der Waals surface area contributed by atoms with Crippen molar-refractivity contribution in [2.75, 3.05) is 0 Å². The molecule has 0 aliphatic heterocycles. The molecule has 0 saturated heterocycles. The van der Waals surface area contributed by atoms with Gasteiger partial charge in [0.2, 0.25) is 0 Å². The zero-order chi connectivity index (χ0) is 9.02. The Balaban J connectivity index is 0. The van der Waals surface area contributed by atoms with Gasteiger partial charge in [-0.1, -0.05) is 33.6 Å². The van der Waals surface area contributed by atoms with Crippen molar-refractivity contribution < 1.29 is 24.3 Å². The minimum absolute atomic E-state index is 0. The smallest absolute Gasteiger partial charge is 0.00385 e. The molecule has 12 heavy (non-hydrogen) atoms. The van der Waals surface area contributed by atoms with Crippen LogP contribution in [-0.4, -0.2) is 5.78 Å². The van der Waals surface area contributed by atoms with Crippen LogP contribution in [0, 0.1) is 17.8 Å². The van der Waals surface area contributed by atoms with Crippen molar-refractivity contribution in [3.8, 4) is 0 Å². The SMILES string of the molecule is C[C-](CC(C)C)C(=O)C(C)C.[Rh]. The number of Topliss-reactive ketones (excluding diaryl/α,β-unsaturated/α-hetero) is 1. The van der Waals surface area contributed by atoms with Crippen molar-refractivity contribution in [1.29, 1.82) is 0 Å². The molecule has 0 amide bonds. The van der Waals surface area contributed by atoms with Gasteiger partial charge in [-0.05, 0) is 5.92 Å². The monoisotopic (exact) mass is 258 g/mol. The van der Waals surface area contributed by atoms with Gasteiger partial charge in [-0.2, -0.15) is 13.3 Å². The molecule has 0 aromatic rings. The van der Waals surface area contributed by atoms with E-state index in [4.69, 9.17) is 0 Å². The topological polar surface area (TPSA) is 17.1 Å². The molecule has 0 aliphatic carbocycles. The first-order chi connectivity index (χ1) is 4.95. The molecular weight excluding hydrogens is 239 g/mol. The quantitative estimate of drug-likeness (QED) is 0.559. The summed E-state index contributed by atoms with van der Waals surface area (Å²) in [6, 6.07) is 0. The van der Waals surface area contributed by atoms with Crippen molar-refractivity contribution in [2.45, 2.75) is 41.0 Å². The largest absolute Gasteiger partial charge is 0.334 e. The van der Waals surface area contributed by atoms with Crippen LogP contribution in [0.1, 0.15) is 41.0 Å². The molecular formula is C10H19ORh-. The van der Waals surface area contributed by atoms with E-state index in [1.165, 1.54) is 0 Å². The second-order valence-corrected chi connectivity index (χ2v) is 3.90. The third-order valence-electron chi connectivity index (χ3n) is 1.66. The molecule has 1 nitrogen and oxygen atoms in total. The van der Waals surface area contributed by atoms with Gasteiger partial charge < -0.3 is 10.7 Å². The van der Waals surface area contributed by atoms with Gasteiger partial charge in [0, 0.05) is 25.3 Å². The third-order valence-corrected chi connectivity index (χ3v) is 1.66. The fourth-order valence-electron chi connectivity index (χ4n) is 1.21. The first-order valence-electron chi connectivity index (χ1n) is 4.31. The maximum absolute atomic E-state index is 11.3. The summed E-state index contributed by atoms with van der Waals surface area (Å²) in [5, 5.41) is 0. The Bertz CT molecular complexity index is 130. The van der Waals surface area contributed by atoms with E-state index in [1.54, 1.807) is 0 Å². The molecule has 1 radical (unpaired) electrons. The zero-order valence-electron chi connectivity index (χ0n) is 8.60. The molecule has 0 rings (SSSR count). The summed E-state index contributed by atoms with van der Waals surface area (Å²) in [5.41, 5.74) is 0. The fraction of sp³-hybridized carbons (Fsp3) is 0.800. The third kappa shape index (κ3) is 5.77. The average molecular weight is 258 g/mol. The Labute approximate surface area is 89.1 Å². The van der Waals surface area contributed by atoms with Gasteiger partial charge in [0.25, 0.3) is 0 Å². The Morgan fingerprint density at radius 3 is 1.92 bits per heavy atom. The molecule has 0 saturated carbocycles. The van der Waals surface area contributed by atoms with Crippen LogP contribution in [-0.2, 0) is 24.3 Å². The summed E-state index contributed by atoms with van der Waals surface area (Å²) in [6.07, 6.45) is 0.941. The molecule has 75 valence electrons. The Morgan fingerprint density at radius 2 is 1.67 bits per heavy atom. The minimum atomic E-state index is 0. The van der Waals surface area contributed by atoms with Gasteiger partial charge in [-0.15, -0.1) is 0 Å². The Hall–Kier alpha value is 0.163. The summed E-state index contributed by atoms with van der Waals surface area (Å²) in [7, 11) is 0. The van der Waals surface area contributed by atoms with Gasteiger partial charge in [0.15, 0.2) is 0 Å². The van der Waals surface area contributed by atoms with Crippen LogP contribution in [0.4, 0.5) is 0 Å². The van der Waals surface area contributed by atoms with Gasteiger partial charge in [0.05, 0.1) is 0 Å². The second-order valence-electron chi connectivity index (χ2n) is 3.90. The summed E-state index contributed by atoms with van der Waals surface area (Å²) < 4.78 is 0. The van der Waals surface area contributed by atoms with E-state index in [-0.39, 0.29) is 25.4 Å². The summed E-state index contributed by atoms with van der Waals surface area (Å²) >= 11 is 0. The van der Waals surface area contributed by atoms with Gasteiger partial charge in [-0.3, -0.25) is 0 Å². The standard InChI is InChI=1S/C10H19O.Rh/c1-7(2)6-9(5)10(11)8(3)4;/h7-8H,6H2,1-5H3;/q-1;. The molecule has 0 atom stereocenters. The van der Waals surface area contributed by atoms with Crippen molar-refractivity contribution in [2.24, 2.45) is 11.8 Å². The predicted octanol–water partition coefficient (Wildman–Crippen LogP) is 2.85. The fourth-order valence-corrected chi connectivity index (χ4v) is 1.21. The number of carbonyl (C=O) groups excluding carboxylic acids is 1. The average Bonchev–Trinajstić information content (AvgIpc) is 1.84. The molecule has 0 aromatic heterocycles. The molecule has 0 aromatic carbocycles. The van der Waals surface area contributed by atoms with Crippen molar-refractivity contribution in [1.82, 2.24) is 0 Å². The van der Waals surface area contributed by atoms with E-state index in [0.29, 0.717) is 11.7 Å². The molecule has 0 N–H and O–H groups in total. The minimum Gasteiger partial charge on any atom is -0.334 e. The number of hydrogen-bond acceptors (Lipinski definition) is 1.